The Morgan fingerprint density at radius 2 is 0.727 bits per heavy atom. The standard InChI is InChI=1S/C9H12Cl9O3P/c10-7(11,12)1-4-19-22(20-5-2-8(13,14)15)21-6-3-9(16,17)18/h1-6H2. The van der Waals surface area contributed by atoms with E-state index in [0.29, 0.717) is 0 Å². The predicted octanol–water partition coefficient (Wildman–Crippen LogP) is 7.54. The Bertz CT molecular complexity index is 255. The lowest BCUT2D eigenvalue weighted by Gasteiger charge is -2.20. The molecule has 0 aliphatic heterocycles. The molecule has 0 rings (SSSR count). The Labute approximate surface area is 175 Å². The summed E-state index contributed by atoms with van der Waals surface area (Å²) in [6.45, 7) is 0.303. The molecule has 0 bridgehead atoms. The molecule has 0 aliphatic rings. The highest BCUT2D eigenvalue weighted by atomic mass is 35.6. The Hall–Kier alpha value is 2.92. The van der Waals surface area contributed by atoms with Crippen LogP contribution in [0.15, 0.2) is 0 Å². The van der Waals surface area contributed by atoms with Gasteiger partial charge in [0, 0.05) is 19.3 Å². The summed E-state index contributed by atoms with van der Waals surface area (Å²) < 4.78 is 11.8. The Balaban J connectivity index is 4.19. The van der Waals surface area contributed by atoms with Crippen LogP contribution in [0, 0.1) is 0 Å². The molecule has 0 amide bonds. The van der Waals surface area contributed by atoms with E-state index >= 15 is 0 Å². The second-order valence-electron chi connectivity index (χ2n) is 3.82. The zero-order valence-corrected chi connectivity index (χ0v) is 18.5. The molecular formula is C9H12Cl9O3P. The van der Waals surface area contributed by atoms with Gasteiger partial charge in [-0.25, -0.2) is 0 Å². The highest BCUT2D eigenvalue weighted by molar-refractivity contribution is 7.41. The van der Waals surface area contributed by atoms with Crippen molar-refractivity contribution in [2.75, 3.05) is 19.8 Å². The first-order valence-corrected chi connectivity index (χ1v) is 10.2. The summed E-state index contributed by atoms with van der Waals surface area (Å²) in [6.07, 6.45) is 0.453. The van der Waals surface area contributed by atoms with Gasteiger partial charge < -0.3 is 13.6 Å². The number of halogens is 9. The van der Waals surface area contributed by atoms with Gasteiger partial charge in [0.2, 0.25) is 0 Å². The maximum absolute atomic E-state index is 5.62. The topological polar surface area (TPSA) is 27.7 Å². The molecule has 3 nitrogen and oxygen atoms in total. The van der Waals surface area contributed by atoms with Crippen molar-refractivity contribution in [3.05, 3.63) is 0 Å². The lowest BCUT2D eigenvalue weighted by molar-refractivity contribution is 0.157. The number of hydrogen-bond donors (Lipinski definition) is 0. The van der Waals surface area contributed by atoms with Crippen LogP contribution in [0.1, 0.15) is 19.3 Å². The summed E-state index contributed by atoms with van der Waals surface area (Å²) in [7, 11) is -1.75. The van der Waals surface area contributed by atoms with Crippen LogP contribution in [0.4, 0.5) is 0 Å². The minimum atomic E-state index is -1.75. The molecule has 0 heterocycles. The Morgan fingerprint density at radius 1 is 0.500 bits per heavy atom. The summed E-state index contributed by atoms with van der Waals surface area (Å²) in [4.78, 5) is 0. The SMILES string of the molecule is ClC(Cl)(Cl)CCOP(OCCC(Cl)(Cl)Cl)OCCC(Cl)(Cl)Cl. The van der Waals surface area contributed by atoms with Gasteiger partial charge in [0.15, 0.2) is 11.4 Å². The monoisotopic (exact) mass is 514 g/mol. The summed E-state index contributed by atoms with van der Waals surface area (Å²) >= 11 is 50.6. The van der Waals surface area contributed by atoms with Gasteiger partial charge in [0.25, 0.3) is 0 Å². The molecule has 0 aromatic carbocycles. The minimum Gasteiger partial charge on any atom is -0.312 e. The van der Waals surface area contributed by atoms with Crippen molar-refractivity contribution >= 4 is 113 Å². The van der Waals surface area contributed by atoms with Crippen molar-refractivity contribution in [3.63, 3.8) is 0 Å². The van der Waals surface area contributed by atoms with Crippen LogP contribution in [-0.4, -0.2) is 31.2 Å². The molecule has 0 N–H and O–H groups in total. The molecule has 0 aliphatic carbocycles. The molecule has 0 radical (unpaired) electrons. The molecule has 13 heteroatoms. The summed E-state index contributed by atoms with van der Waals surface area (Å²) in [6, 6.07) is 0. The van der Waals surface area contributed by atoms with E-state index in [-0.39, 0.29) is 39.1 Å². The first kappa shape index (κ1) is 24.9. The van der Waals surface area contributed by atoms with Crippen molar-refractivity contribution in [3.8, 4) is 0 Å². The van der Waals surface area contributed by atoms with Gasteiger partial charge >= 0.3 is 8.60 Å². The zero-order chi connectivity index (χ0) is 17.4. The maximum atomic E-state index is 5.62. The van der Waals surface area contributed by atoms with E-state index < -0.39 is 20.0 Å². The predicted molar refractivity (Wildman–Crippen MR) is 99.5 cm³/mol. The number of rotatable bonds is 9. The van der Waals surface area contributed by atoms with Crippen LogP contribution in [0.25, 0.3) is 0 Å². The summed E-state index contributed by atoms with van der Waals surface area (Å²) in [5.74, 6) is 0. The van der Waals surface area contributed by atoms with E-state index in [2.05, 4.69) is 0 Å². The Kier molecular flexibility index (Phi) is 13.1. The largest absolute Gasteiger partial charge is 0.332 e. The average molecular weight is 518 g/mol. The van der Waals surface area contributed by atoms with E-state index in [1.54, 1.807) is 0 Å². The molecule has 0 saturated heterocycles. The van der Waals surface area contributed by atoms with Crippen LogP contribution >= 0.6 is 113 Å². The van der Waals surface area contributed by atoms with E-state index in [4.69, 9.17) is 118 Å². The van der Waals surface area contributed by atoms with Crippen LogP contribution < -0.4 is 0 Å². The van der Waals surface area contributed by atoms with Gasteiger partial charge in [-0.05, 0) is 0 Å². The molecule has 0 aromatic heterocycles. The minimum absolute atomic E-state index is 0.101. The van der Waals surface area contributed by atoms with E-state index in [0.717, 1.165) is 0 Å². The fraction of sp³-hybridized carbons (Fsp3) is 1.00. The third kappa shape index (κ3) is 19.2. The van der Waals surface area contributed by atoms with Crippen molar-refractivity contribution in [2.24, 2.45) is 0 Å². The van der Waals surface area contributed by atoms with Gasteiger partial charge in [0.1, 0.15) is 0 Å². The summed E-state index contributed by atoms with van der Waals surface area (Å²) in [5.41, 5.74) is 0. The van der Waals surface area contributed by atoms with Crippen LogP contribution in [0.2, 0.25) is 0 Å². The molecule has 0 aromatic rings. The quantitative estimate of drug-likeness (QED) is 0.233. The molecule has 22 heavy (non-hydrogen) atoms. The van der Waals surface area contributed by atoms with Crippen molar-refractivity contribution in [2.45, 2.75) is 30.6 Å². The third-order valence-electron chi connectivity index (χ3n) is 1.75. The normalized spacial score (nSPS) is 13.9. The molecule has 0 saturated carbocycles. The number of hydrogen-bond acceptors (Lipinski definition) is 3. The van der Waals surface area contributed by atoms with Crippen molar-refractivity contribution in [1.29, 1.82) is 0 Å². The van der Waals surface area contributed by atoms with Gasteiger partial charge in [0.05, 0.1) is 19.8 Å². The molecule has 0 unspecified atom stereocenters. The number of alkyl halides is 9. The molecule has 0 atom stereocenters. The molecule has 0 fully saturated rings. The Morgan fingerprint density at radius 3 is 0.909 bits per heavy atom. The van der Waals surface area contributed by atoms with Gasteiger partial charge in [-0.1, -0.05) is 104 Å². The van der Waals surface area contributed by atoms with Crippen LogP contribution in [-0.2, 0) is 13.6 Å². The molecular weight excluding hydrogens is 506 g/mol. The maximum Gasteiger partial charge on any atom is 0.332 e. The van der Waals surface area contributed by atoms with Gasteiger partial charge in [-0.3, -0.25) is 0 Å². The first-order chi connectivity index (χ1) is 9.79. The van der Waals surface area contributed by atoms with Crippen LogP contribution in [0.5, 0.6) is 0 Å². The molecule has 134 valence electrons. The smallest absolute Gasteiger partial charge is 0.312 e. The van der Waals surface area contributed by atoms with Crippen molar-refractivity contribution in [1.82, 2.24) is 0 Å². The fourth-order valence-electron chi connectivity index (χ4n) is 0.820. The fourth-order valence-corrected chi connectivity index (χ4v) is 2.46. The van der Waals surface area contributed by atoms with E-state index in [1.165, 1.54) is 0 Å². The van der Waals surface area contributed by atoms with E-state index in [9.17, 15) is 0 Å². The third-order valence-corrected chi connectivity index (χ3v) is 4.63. The average Bonchev–Trinajstić information content (AvgIpc) is 2.23. The van der Waals surface area contributed by atoms with Crippen molar-refractivity contribution < 1.29 is 13.6 Å². The summed E-state index contributed by atoms with van der Waals surface area (Å²) in [5, 5.41) is 0. The lowest BCUT2D eigenvalue weighted by Crippen LogP contribution is -2.11. The van der Waals surface area contributed by atoms with Crippen LogP contribution in [0.3, 0.4) is 0 Å². The highest BCUT2D eigenvalue weighted by Gasteiger charge is 2.25. The van der Waals surface area contributed by atoms with Gasteiger partial charge in [-0.2, -0.15) is 0 Å². The van der Waals surface area contributed by atoms with E-state index in [1.807, 2.05) is 0 Å². The molecule has 0 spiro atoms. The lowest BCUT2D eigenvalue weighted by atomic mass is 10.5. The zero-order valence-electron chi connectivity index (χ0n) is 10.8. The second-order valence-corrected chi connectivity index (χ2v) is 12.6. The first-order valence-electron chi connectivity index (χ1n) is 5.68. The second kappa shape index (κ2) is 11.6. The van der Waals surface area contributed by atoms with Gasteiger partial charge in [-0.15, -0.1) is 0 Å². The highest BCUT2D eigenvalue weighted by Crippen LogP contribution is 2.43.